The van der Waals surface area contributed by atoms with E-state index in [0.717, 1.165) is 12.1 Å². The minimum Gasteiger partial charge on any atom is -0.504 e. The molecule has 0 aliphatic rings. The minimum absolute atomic E-state index is 0.0327. The number of halogens is 4. The molecule has 0 aliphatic heterocycles. The number of alkyl halides is 3. The smallest absolute Gasteiger partial charge is 0.416 e. The number of aromatic hydroxyl groups is 1. The van der Waals surface area contributed by atoms with Gasteiger partial charge in [0.25, 0.3) is 5.91 Å². The maximum atomic E-state index is 13.1. The summed E-state index contributed by atoms with van der Waals surface area (Å²) in [6, 6.07) is 15.8. The second-order valence-electron chi connectivity index (χ2n) is 7.92. The average Bonchev–Trinajstić information content (AvgIpc) is 3.22. The second kappa shape index (κ2) is 10.4. The lowest BCUT2D eigenvalue weighted by atomic mass is 10.1. The first kappa shape index (κ1) is 25.8. The average molecular weight is 529 g/mol. The zero-order valence-corrected chi connectivity index (χ0v) is 20.3. The molecule has 0 saturated carbocycles. The standard InChI is InChI=1S/C26H20ClF3N4O3/c1-15-23(25(36)32-31-14-16-3-12-21(35)22(13-16)37-2)33-34(24(15)17-4-8-19(27)9-5-17)20-10-6-18(7-11-20)26(28,29)30/h3-14,35H,1-2H3,(H,32,36)/b31-14+. The van der Waals surface area contributed by atoms with Gasteiger partial charge in [-0.1, -0.05) is 23.7 Å². The number of rotatable bonds is 6. The van der Waals surface area contributed by atoms with Crippen molar-refractivity contribution in [2.24, 2.45) is 5.10 Å². The molecular weight excluding hydrogens is 509 g/mol. The zero-order valence-electron chi connectivity index (χ0n) is 19.5. The van der Waals surface area contributed by atoms with Crippen molar-refractivity contribution in [2.75, 3.05) is 7.11 Å². The Labute approximate surface area is 214 Å². The molecule has 0 spiro atoms. The van der Waals surface area contributed by atoms with Crippen LogP contribution in [0.3, 0.4) is 0 Å². The topological polar surface area (TPSA) is 88.7 Å². The number of carbonyl (C=O) groups excluding carboxylic acids is 1. The highest BCUT2D eigenvalue weighted by atomic mass is 35.5. The largest absolute Gasteiger partial charge is 0.504 e. The lowest BCUT2D eigenvalue weighted by Gasteiger charge is -2.11. The predicted molar refractivity (Wildman–Crippen MR) is 133 cm³/mol. The van der Waals surface area contributed by atoms with Crippen LogP contribution in [0, 0.1) is 6.92 Å². The number of ether oxygens (including phenoxy) is 1. The minimum atomic E-state index is -4.48. The number of carbonyl (C=O) groups is 1. The Hall–Kier alpha value is -4.31. The number of amides is 1. The van der Waals surface area contributed by atoms with Gasteiger partial charge in [-0.3, -0.25) is 4.79 Å². The van der Waals surface area contributed by atoms with Crippen LogP contribution in [0.4, 0.5) is 13.2 Å². The third kappa shape index (κ3) is 5.59. The van der Waals surface area contributed by atoms with Gasteiger partial charge in [0, 0.05) is 16.1 Å². The van der Waals surface area contributed by atoms with E-state index in [1.165, 1.54) is 42.3 Å². The van der Waals surface area contributed by atoms with Crippen molar-refractivity contribution in [1.29, 1.82) is 0 Å². The van der Waals surface area contributed by atoms with Gasteiger partial charge in [-0.25, -0.2) is 10.1 Å². The van der Waals surface area contributed by atoms with Gasteiger partial charge < -0.3 is 9.84 Å². The number of benzene rings is 3. The van der Waals surface area contributed by atoms with Crippen LogP contribution >= 0.6 is 11.6 Å². The second-order valence-corrected chi connectivity index (χ2v) is 8.35. The lowest BCUT2D eigenvalue weighted by Crippen LogP contribution is -2.19. The first-order chi connectivity index (χ1) is 17.6. The Bertz CT molecular complexity index is 1460. The lowest BCUT2D eigenvalue weighted by molar-refractivity contribution is -0.137. The van der Waals surface area contributed by atoms with Crippen molar-refractivity contribution in [3.63, 3.8) is 0 Å². The van der Waals surface area contributed by atoms with Crippen LogP contribution in [0.1, 0.15) is 27.2 Å². The highest BCUT2D eigenvalue weighted by molar-refractivity contribution is 6.30. The summed E-state index contributed by atoms with van der Waals surface area (Å²) in [6.07, 6.45) is -3.12. The molecule has 7 nitrogen and oxygen atoms in total. The summed E-state index contributed by atoms with van der Waals surface area (Å²) in [5.74, 6) is -0.419. The van der Waals surface area contributed by atoms with Gasteiger partial charge in [-0.05, 0) is 67.1 Å². The molecule has 0 bridgehead atoms. The summed E-state index contributed by atoms with van der Waals surface area (Å²) in [5, 5.41) is 18.5. The summed E-state index contributed by atoms with van der Waals surface area (Å²) in [7, 11) is 1.41. The Kier molecular flexibility index (Phi) is 7.21. The number of hydrogen-bond acceptors (Lipinski definition) is 5. The Balaban J connectivity index is 1.69. The van der Waals surface area contributed by atoms with Gasteiger partial charge in [0.1, 0.15) is 0 Å². The normalized spacial score (nSPS) is 11.6. The number of hydrogen-bond donors (Lipinski definition) is 2. The first-order valence-corrected chi connectivity index (χ1v) is 11.2. The van der Waals surface area contributed by atoms with Gasteiger partial charge in [0.05, 0.1) is 30.3 Å². The number of hydrazone groups is 1. The van der Waals surface area contributed by atoms with E-state index in [1.54, 1.807) is 37.3 Å². The van der Waals surface area contributed by atoms with E-state index in [9.17, 15) is 23.1 Å². The van der Waals surface area contributed by atoms with Crippen LogP contribution in [0.25, 0.3) is 16.9 Å². The molecule has 0 atom stereocenters. The van der Waals surface area contributed by atoms with Gasteiger partial charge in [0.15, 0.2) is 17.2 Å². The molecule has 37 heavy (non-hydrogen) atoms. The van der Waals surface area contributed by atoms with Gasteiger partial charge in [-0.2, -0.15) is 23.4 Å². The van der Waals surface area contributed by atoms with Crippen LogP contribution < -0.4 is 10.2 Å². The summed E-state index contributed by atoms with van der Waals surface area (Å²) < 4.78 is 45.6. The van der Waals surface area contributed by atoms with Crippen molar-refractivity contribution >= 4 is 23.7 Å². The monoisotopic (exact) mass is 528 g/mol. The zero-order chi connectivity index (χ0) is 26.7. The molecule has 1 amide bonds. The fourth-order valence-corrected chi connectivity index (χ4v) is 3.76. The maximum absolute atomic E-state index is 13.1. The van der Waals surface area contributed by atoms with E-state index in [2.05, 4.69) is 15.6 Å². The summed E-state index contributed by atoms with van der Waals surface area (Å²) in [4.78, 5) is 13.0. The highest BCUT2D eigenvalue weighted by Gasteiger charge is 2.30. The van der Waals surface area contributed by atoms with Crippen LogP contribution in [-0.4, -0.2) is 34.1 Å². The molecule has 0 saturated heterocycles. The number of nitrogens with zero attached hydrogens (tertiary/aromatic N) is 3. The fourth-order valence-electron chi connectivity index (χ4n) is 3.63. The predicted octanol–water partition coefficient (Wildman–Crippen LogP) is 6.00. The molecule has 2 N–H and O–H groups in total. The number of phenolic OH excluding ortho intramolecular Hbond substituents is 1. The third-order valence-corrected chi connectivity index (χ3v) is 5.73. The number of aromatic nitrogens is 2. The molecule has 0 aliphatic carbocycles. The van der Waals surface area contributed by atoms with E-state index in [-0.39, 0.29) is 17.2 Å². The summed E-state index contributed by atoms with van der Waals surface area (Å²) in [6.45, 7) is 1.68. The quantitative estimate of drug-likeness (QED) is 0.237. The molecule has 4 aromatic rings. The summed E-state index contributed by atoms with van der Waals surface area (Å²) in [5.41, 5.74) is 4.18. The van der Waals surface area contributed by atoms with Crippen molar-refractivity contribution in [3.8, 4) is 28.4 Å². The van der Waals surface area contributed by atoms with Crippen LogP contribution in [-0.2, 0) is 6.18 Å². The highest BCUT2D eigenvalue weighted by Crippen LogP contribution is 2.33. The van der Waals surface area contributed by atoms with Crippen LogP contribution in [0.2, 0.25) is 5.02 Å². The SMILES string of the molecule is COc1cc(/C=N/NC(=O)c2nn(-c3ccc(C(F)(F)F)cc3)c(-c3ccc(Cl)cc3)c2C)ccc1O. The fraction of sp³-hybridized carbons (Fsp3) is 0.115. The van der Waals surface area contributed by atoms with Crippen molar-refractivity contribution in [1.82, 2.24) is 15.2 Å². The molecule has 11 heteroatoms. The molecule has 0 radical (unpaired) electrons. The maximum Gasteiger partial charge on any atom is 0.416 e. The number of nitrogens with one attached hydrogen (secondary N) is 1. The third-order valence-electron chi connectivity index (χ3n) is 5.48. The molecule has 3 aromatic carbocycles. The number of methoxy groups -OCH3 is 1. The van der Waals surface area contributed by atoms with Crippen molar-refractivity contribution < 1.29 is 27.8 Å². The first-order valence-electron chi connectivity index (χ1n) is 10.8. The summed E-state index contributed by atoms with van der Waals surface area (Å²) >= 11 is 6.02. The molecular formula is C26H20ClF3N4O3. The molecule has 4 rings (SSSR count). The van der Waals surface area contributed by atoms with E-state index in [4.69, 9.17) is 16.3 Å². The Morgan fingerprint density at radius 2 is 1.78 bits per heavy atom. The molecule has 1 aromatic heterocycles. The van der Waals surface area contributed by atoms with Gasteiger partial charge in [-0.15, -0.1) is 0 Å². The van der Waals surface area contributed by atoms with Crippen LogP contribution in [0.5, 0.6) is 11.5 Å². The van der Waals surface area contributed by atoms with Gasteiger partial charge in [0.2, 0.25) is 0 Å². The van der Waals surface area contributed by atoms with E-state index in [1.807, 2.05) is 0 Å². The number of phenols is 1. The van der Waals surface area contributed by atoms with E-state index >= 15 is 0 Å². The van der Waals surface area contributed by atoms with E-state index in [0.29, 0.717) is 33.1 Å². The van der Waals surface area contributed by atoms with Crippen molar-refractivity contribution in [3.05, 3.63) is 94.1 Å². The van der Waals surface area contributed by atoms with E-state index < -0.39 is 17.6 Å². The molecule has 0 fully saturated rings. The van der Waals surface area contributed by atoms with Gasteiger partial charge >= 0.3 is 6.18 Å². The molecule has 1 heterocycles. The molecule has 0 unspecified atom stereocenters. The van der Waals surface area contributed by atoms with Crippen LogP contribution in [0.15, 0.2) is 71.8 Å². The van der Waals surface area contributed by atoms with Crippen molar-refractivity contribution in [2.45, 2.75) is 13.1 Å². The Morgan fingerprint density at radius 3 is 2.41 bits per heavy atom. The Morgan fingerprint density at radius 1 is 1.11 bits per heavy atom. The molecule has 190 valence electrons.